The average Bonchev–Trinajstić information content (AvgIpc) is 2.86. The fourth-order valence-corrected chi connectivity index (χ4v) is 2.48. The molecule has 2 N–H and O–H groups in total. The van der Waals surface area contributed by atoms with E-state index in [9.17, 15) is 4.39 Å². The second-order valence-corrected chi connectivity index (χ2v) is 5.17. The highest BCUT2D eigenvalue weighted by atomic mass is 35.5. The Hall–Kier alpha value is -1.84. The number of hydrogen-bond acceptors (Lipinski definition) is 2. The molecule has 3 rings (SSSR count). The Bertz CT molecular complexity index is 753. The Balaban J connectivity index is 1.91. The molecule has 0 aliphatic rings. The molecular weight excluding hydrogens is 277 g/mol. The van der Waals surface area contributed by atoms with E-state index in [1.54, 1.807) is 18.4 Å². The fourth-order valence-electron chi connectivity index (χ4n) is 2.32. The largest absolute Gasteiger partial charge is 0.464 e. The molecule has 0 aliphatic carbocycles. The van der Waals surface area contributed by atoms with Crippen molar-refractivity contribution in [2.45, 2.75) is 12.5 Å². The van der Waals surface area contributed by atoms with Gasteiger partial charge in [-0.15, -0.1) is 0 Å². The molecule has 0 radical (unpaired) electrons. The van der Waals surface area contributed by atoms with Gasteiger partial charge in [0.05, 0.1) is 6.26 Å². The molecule has 0 aliphatic heterocycles. The highest BCUT2D eigenvalue weighted by Gasteiger charge is 2.15. The minimum absolute atomic E-state index is 0.325. The molecule has 1 unspecified atom stereocenters. The molecule has 1 atom stereocenters. The predicted molar refractivity (Wildman–Crippen MR) is 78.3 cm³/mol. The zero-order valence-electron chi connectivity index (χ0n) is 10.6. The maximum absolute atomic E-state index is 13.8. The second kappa shape index (κ2) is 5.27. The lowest BCUT2D eigenvalue weighted by Gasteiger charge is -2.11. The second-order valence-electron chi connectivity index (χ2n) is 4.73. The van der Waals surface area contributed by atoms with Crippen LogP contribution < -0.4 is 5.73 Å². The Morgan fingerprint density at radius 1 is 1.20 bits per heavy atom. The number of fused-ring (bicyclic) bond motifs is 1. The Labute approximate surface area is 121 Å². The van der Waals surface area contributed by atoms with E-state index in [-0.39, 0.29) is 11.9 Å². The van der Waals surface area contributed by atoms with Gasteiger partial charge in [-0.25, -0.2) is 4.39 Å². The number of benzene rings is 2. The number of nitrogens with two attached hydrogens (primary N) is 1. The van der Waals surface area contributed by atoms with Gasteiger partial charge in [0.25, 0.3) is 0 Å². The van der Waals surface area contributed by atoms with Crippen molar-refractivity contribution in [2.75, 3.05) is 0 Å². The average molecular weight is 290 g/mol. The minimum Gasteiger partial charge on any atom is -0.464 e. The van der Waals surface area contributed by atoms with Crippen LogP contribution in [0.25, 0.3) is 11.0 Å². The van der Waals surface area contributed by atoms with E-state index in [2.05, 4.69) is 0 Å². The quantitative estimate of drug-likeness (QED) is 0.773. The van der Waals surface area contributed by atoms with E-state index in [1.807, 2.05) is 24.3 Å². The Kier molecular flexibility index (Phi) is 3.47. The minimum atomic E-state index is -0.333. The van der Waals surface area contributed by atoms with Crippen LogP contribution in [0.1, 0.15) is 17.2 Å². The zero-order valence-corrected chi connectivity index (χ0v) is 11.4. The molecule has 0 fully saturated rings. The summed E-state index contributed by atoms with van der Waals surface area (Å²) in [5.41, 5.74) is 8.40. The van der Waals surface area contributed by atoms with Gasteiger partial charge in [0, 0.05) is 22.0 Å². The van der Waals surface area contributed by atoms with Crippen LogP contribution in [0.4, 0.5) is 4.39 Å². The third-order valence-electron chi connectivity index (χ3n) is 3.37. The van der Waals surface area contributed by atoms with E-state index in [1.165, 1.54) is 6.07 Å². The molecule has 1 aromatic heterocycles. The van der Waals surface area contributed by atoms with Gasteiger partial charge in [-0.2, -0.15) is 0 Å². The van der Waals surface area contributed by atoms with Gasteiger partial charge < -0.3 is 10.2 Å². The maximum atomic E-state index is 13.8. The Morgan fingerprint density at radius 3 is 2.80 bits per heavy atom. The van der Waals surface area contributed by atoms with Crippen molar-refractivity contribution in [3.8, 4) is 0 Å². The number of para-hydroxylation sites is 1. The van der Waals surface area contributed by atoms with Crippen molar-refractivity contribution in [2.24, 2.45) is 5.73 Å². The highest BCUT2D eigenvalue weighted by molar-refractivity contribution is 6.30. The molecule has 3 aromatic rings. The SMILES string of the molecule is NC(Cc1ccc(Cl)cc1F)c1coc2ccccc12. The first kappa shape index (κ1) is 13.2. The molecule has 2 nitrogen and oxygen atoms in total. The van der Waals surface area contributed by atoms with Crippen LogP contribution in [0, 0.1) is 5.82 Å². The van der Waals surface area contributed by atoms with Crippen LogP contribution in [0.15, 0.2) is 53.1 Å². The highest BCUT2D eigenvalue weighted by Crippen LogP contribution is 2.28. The van der Waals surface area contributed by atoms with Crippen molar-refractivity contribution >= 4 is 22.6 Å². The number of halogens is 2. The fraction of sp³-hybridized carbons (Fsp3) is 0.125. The van der Waals surface area contributed by atoms with Crippen molar-refractivity contribution in [3.63, 3.8) is 0 Å². The van der Waals surface area contributed by atoms with Gasteiger partial charge >= 0.3 is 0 Å². The molecule has 1 heterocycles. The normalized spacial score (nSPS) is 12.8. The molecule has 0 amide bonds. The lowest BCUT2D eigenvalue weighted by atomic mass is 9.99. The molecule has 0 saturated carbocycles. The molecule has 0 bridgehead atoms. The number of furan rings is 1. The summed E-state index contributed by atoms with van der Waals surface area (Å²) in [5.74, 6) is -0.333. The van der Waals surface area contributed by atoms with Crippen molar-refractivity contribution in [1.29, 1.82) is 0 Å². The van der Waals surface area contributed by atoms with Gasteiger partial charge in [-0.3, -0.25) is 0 Å². The third kappa shape index (κ3) is 2.42. The molecule has 2 aromatic carbocycles. The van der Waals surface area contributed by atoms with Crippen LogP contribution in [0.3, 0.4) is 0 Å². The summed E-state index contributed by atoms with van der Waals surface area (Å²) in [5, 5.41) is 1.35. The van der Waals surface area contributed by atoms with E-state index in [0.717, 1.165) is 16.5 Å². The first-order valence-corrected chi connectivity index (χ1v) is 6.68. The topological polar surface area (TPSA) is 39.2 Å². The van der Waals surface area contributed by atoms with Gasteiger partial charge in [0.1, 0.15) is 11.4 Å². The van der Waals surface area contributed by atoms with E-state index < -0.39 is 0 Å². The van der Waals surface area contributed by atoms with Crippen LogP contribution in [-0.2, 0) is 6.42 Å². The lowest BCUT2D eigenvalue weighted by Crippen LogP contribution is -2.13. The molecule has 4 heteroatoms. The standard InChI is InChI=1S/C16H13ClFNO/c17-11-6-5-10(14(18)8-11)7-15(19)13-9-20-16-4-2-1-3-12(13)16/h1-6,8-9,15H,7,19H2. The first-order chi connectivity index (χ1) is 9.65. The number of hydrogen-bond donors (Lipinski definition) is 1. The van der Waals surface area contributed by atoms with Crippen LogP contribution in [0.2, 0.25) is 5.02 Å². The molecule has 20 heavy (non-hydrogen) atoms. The summed E-state index contributed by atoms with van der Waals surface area (Å²) in [6.07, 6.45) is 2.04. The summed E-state index contributed by atoms with van der Waals surface area (Å²) < 4.78 is 19.3. The van der Waals surface area contributed by atoms with E-state index in [4.69, 9.17) is 21.8 Å². The van der Waals surface area contributed by atoms with Gasteiger partial charge in [0.15, 0.2) is 0 Å². The smallest absolute Gasteiger partial charge is 0.134 e. The third-order valence-corrected chi connectivity index (χ3v) is 3.60. The van der Waals surface area contributed by atoms with Crippen LogP contribution >= 0.6 is 11.6 Å². The molecule has 102 valence electrons. The van der Waals surface area contributed by atoms with Crippen molar-refractivity contribution in [3.05, 3.63) is 70.7 Å². The summed E-state index contributed by atoms with van der Waals surface area (Å²) in [4.78, 5) is 0. The molecular formula is C16H13ClFNO. The zero-order chi connectivity index (χ0) is 14.1. The van der Waals surface area contributed by atoms with Gasteiger partial charge in [-0.1, -0.05) is 35.9 Å². The summed E-state index contributed by atoms with van der Waals surface area (Å²) in [7, 11) is 0. The maximum Gasteiger partial charge on any atom is 0.134 e. The van der Waals surface area contributed by atoms with Crippen molar-refractivity contribution < 1.29 is 8.81 Å². The van der Waals surface area contributed by atoms with Crippen molar-refractivity contribution in [1.82, 2.24) is 0 Å². The lowest BCUT2D eigenvalue weighted by molar-refractivity contribution is 0.581. The summed E-state index contributed by atoms with van der Waals surface area (Å²) in [6, 6.07) is 12.0. The molecule has 0 spiro atoms. The van der Waals surface area contributed by atoms with Crippen LogP contribution in [0.5, 0.6) is 0 Å². The van der Waals surface area contributed by atoms with Crippen LogP contribution in [-0.4, -0.2) is 0 Å². The monoisotopic (exact) mass is 289 g/mol. The van der Waals surface area contributed by atoms with Gasteiger partial charge in [-0.05, 0) is 30.2 Å². The van der Waals surface area contributed by atoms with E-state index in [0.29, 0.717) is 17.0 Å². The predicted octanol–water partition coefficient (Wildman–Crippen LogP) is 4.47. The number of rotatable bonds is 3. The Morgan fingerprint density at radius 2 is 2.00 bits per heavy atom. The summed E-state index contributed by atoms with van der Waals surface area (Å²) >= 11 is 5.74. The van der Waals surface area contributed by atoms with Gasteiger partial charge in [0.2, 0.25) is 0 Å². The first-order valence-electron chi connectivity index (χ1n) is 6.31. The molecule has 0 saturated heterocycles. The summed E-state index contributed by atoms with van der Waals surface area (Å²) in [6.45, 7) is 0. The van der Waals surface area contributed by atoms with E-state index >= 15 is 0 Å².